The van der Waals surface area contributed by atoms with Crippen LogP contribution in [0.15, 0.2) is 72.0 Å². The number of aliphatic hydroxyl groups excluding tert-OH is 1. The summed E-state index contributed by atoms with van der Waals surface area (Å²) in [5, 5.41) is 10.7. The molecule has 0 saturated carbocycles. The lowest BCUT2D eigenvalue weighted by molar-refractivity contribution is -0.895. The molecule has 1 atom stereocenters. The summed E-state index contributed by atoms with van der Waals surface area (Å²) >= 11 is 0. The van der Waals surface area contributed by atoms with Crippen LogP contribution in [0.4, 0.5) is 0 Å². The van der Waals surface area contributed by atoms with E-state index >= 15 is 0 Å². The van der Waals surface area contributed by atoms with Gasteiger partial charge in [-0.2, -0.15) is 0 Å². The molecule has 0 aromatic heterocycles. The van der Waals surface area contributed by atoms with Crippen molar-refractivity contribution in [2.24, 2.45) is 0 Å². The summed E-state index contributed by atoms with van der Waals surface area (Å²) in [5.74, 6) is -1.27. The van der Waals surface area contributed by atoms with E-state index in [-0.39, 0.29) is 11.4 Å². The molecule has 2 aromatic rings. The Labute approximate surface area is 184 Å². The minimum atomic E-state index is -0.587. The van der Waals surface area contributed by atoms with Gasteiger partial charge in [0.15, 0.2) is 11.5 Å². The van der Waals surface area contributed by atoms with E-state index in [9.17, 15) is 14.7 Å². The normalized spacial score (nSPS) is 16.7. The summed E-state index contributed by atoms with van der Waals surface area (Å²) in [6, 6.07) is 16.7. The first-order chi connectivity index (χ1) is 15.0. The second-order valence-electron chi connectivity index (χ2n) is 7.89. The third-order valence-electron chi connectivity index (χ3n) is 5.90. The van der Waals surface area contributed by atoms with E-state index in [1.54, 1.807) is 11.0 Å². The monoisotopic (exact) mass is 419 g/mol. The summed E-state index contributed by atoms with van der Waals surface area (Å²) in [4.78, 5) is 29.1. The number of amides is 1. The number of hydrogen-bond acceptors (Lipinski definition) is 3. The predicted molar refractivity (Wildman–Crippen MR) is 123 cm³/mol. The number of likely N-dealkylation sites (N-methyl/N-ethyl adjacent to an activating group) is 1. The highest BCUT2D eigenvalue weighted by Gasteiger charge is 2.43. The van der Waals surface area contributed by atoms with Crippen LogP contribution in [0.1, 0.15) is 36.6 Å². The molecular weight excluding hydrogens is 388 g/mol. The van der Waals surface area contributed by atoms with Crippen LogP contribution in [0.5, 0.6) is 0 Å². The first kappa shape index (κ1) is 22.5. The van der Waals surface area contributed by atoms with Gasteiger partial charge in [-0.15, -0.1) is 0 Å². The number of aliphatic hydroxyl groups is 1. The highest BCUT2D eigenvalue weighted by Crippen LogP contribution is 2.37. The standard InChI is InChI=1S/C26H30N2O3/c1-4-27(5-2)17-18-28-24(21-14-11-19(3)12-15-21)23(25(30)26(28)31)22(29)16-13-20-9-7-6-8-10-20/h6-16,24,30H,4-5,17-18H2,1-3H3/p+1/b16-13+/t24-/m0/s1. The van der Waals surface area contributed by atoms with Gasteiger partial charge in [0.1, 0.15) is 0 Å². The van der Waals surface area contributed by atoms with Crippen molar-refractivity contribution in [3.05, 3.63) is 88.7 Å². The zero-order valence-corrected chi connectivity index (χ0v) is 18.5. The van der Waals surface area contributed by atoms with Crippen LogP contribution in [-0.2, 0) is 9.59 Å². The Morgan fingerprint density at radius 1 is 1.06 bits per heavy atom. The molecule has 1 aliphatic rings. The van der Waals surface area contributed by atoms with Crippen molar-refractivity contribution < 1.29 is 19.6 Å². The third kappa shape index (κ3) is 5.12. The number of quaternary nitrogens is 1. The molecule has 3 rings (SSSR count). The van der Waals surface area contributed by atoms with Gasteiger partial charge >= 0.3 is 0 Å². The number of nitrogens with one attached hydrogen (secondary N) is 1. The molecule has 0 radical (unpaired) electrons. The van der Waals surface area contributed by atoms with Gasteiger partial charge in [0.05, 0.1) is 37.8 Å². The molecule has 0 aliphatic carbocycles. The van der Waals surface area contributed by atoms with Gasteiger partial charge in [-0.25, -0.2) is 0 Å². The minimum absolute atomic E-state index is 0.149. The van der Waals surface area contributed by atoms with Gasteiger partial charge in [-0.05, 0) is 38.0 Å². The maximum atomic E-state index is 13.1. The Hall–Kier alpha value is -3.18. The second kappa shape index (κ2) is 10.2. The number of allylic oxidation sites excluding steroid dienone is 1. The first-order valence-corrected chi connectivity index (χ1v) is 10.9. The van der Waals surface area contributed by atoms with Crippen molar-refractivity contribution in [2.75, 3.05) is 26.2 Å². The van der Waals surface area contributed by atoms with E-state index < -0.39 is 17.7 Å². The zero-order valence-electron chi connectivity index (χ0n) is 18.5. The van der Waals surface area contributed by atoms with Crippen molar-refractivity contribution in [2.45, 2.75) is 26.8 Å². The van der Waals surface area contributed by atoms with Crippen LogP contribution in [0.2, 0.25) is 0 Å². The number of rotatable bonds is 9. The fourth-order valence-corrected chi connectivity index (χ4v) is 3.94. The van der Waals surface area contributed by atoms with Crippen LogP contribution in [0, 0.1) is 6.92 Å². The van der Waals surface area contributed by atoms with Crippen molar-refractivity contribution in [1.29, 1.82) is 0 Å². The number of aryl methyl sites for hydroxylation is 1. The number of benzene rings is 2. The maximum Gasteiger partial charge on any atom is 0.290 e. The fraction of sp³-hybridized carbons (Fsp3) is 0.308. The van der Waals surface area contributed by atoms with Crippen LogP contribution in [-0.4, -0.2) is 47.9 Å². The van der Waals surface area contributed by atoms with Gasteiger partial charge in [0.2, 0.25) is 0 Å². The highest BCUT2D eigenvalue weighted by molar-refractivity contribution is 6.14. The lowest BCUT2D eigenvalue weighted by Crippen LogP contribution is -3.12. The maximum absolute atomic E-state index is 13.1. The zero-order chi connectivity index (χ0) is 22.4. The molecule has 1 aliphatic heterocycles. The van der Waals surface area contributed by atoms with Crippen LogP contribution >= 0.6 is 0 Å². The predicted octanol–water partition coefficient (Wildman–Crippen LogP) is 2.90. The molecule has 0 fully saturated rings. The Morgan fingerprint density at radius 3 is 2.32 bits per heavy atom. The topological polar surface area (TPSA) is 62.1 Å². The van der Waals surface area contributed by atoms with E-state index in [2.05, 4.69) is 13.8 Å². The Morgan fingerprint density at radius 2 is 1.71 bits per heavy atom. The molecule has 31 heavy (non-hydrogen) atoms. The second-order valence-corrected chi connectivity index (χ2v) is 7.89. The van der Waals surface area contributed by atoms with Gasteiger partial charge in [-0.1, -0.05) is 66.2 Å². The average molecular weight is 420 g/mol. The molecular formula is C26H31N2O3+. The van der Waals surface area contributed by atoms with Crippen LogP contribution < -0.4 is 4.90 Å². The Kier molecular flexibility index (Phi) is 7.42. The number of nitrogens with zero attached hydrogens (tertiary/aromatic N) is 1. The molecule has 5 heteroatoms. The van der Waals surface area contributed by atoms with E-state index in [4.69, 9.17) is 0 Å². The number of carbonyl (C=O) groups excluding carboxylic acids is 2. The molecule has 0 unspecified atom stereocenters. The van der Waals surface area contributed by atoms with E-state index in [0.29, 0.717) is 6.54 Å². The third-order valence-corrected chi connectivity index (χ3v) is 5.90. The Balaban J connectivity index is 1.94. The summed E-state index contributed by atoms with van der Waals surface area (Å²) in [6.45, 7) is 9.36. The largest absolute Gasteiger partial charge is 0.503 e. The Bertz CT molecular complexity index is 973. The molecule has 2 N–H and O–H groups in total. The van der Waals surface area contributed by atoms with E-state index in [0.717, 1.165) is 36.3 Å². The van der Waals surface area contributed by atoms with E-state index in [1.165, 1.54) is 11.0 Å². The number of hydrogen-bond donors (Lipinski definition) is 2. The summed E-state index contributed by atoms with van der Waals surface area (Å²) in [7, 11) is 0. The first-order valence-electron chi connectivity index (χ1n) is 10.9. The molecule has 1 amide bonds. The smallest absolute Gasteiger partial charge is 0.290 e. The lowest BCUT2D eigenvalue weighted by atomic mass is 9.95. The van der Waals surface area contributed by atoms with Crippen molar-refractivity contribution >= 4 is 17.8 Å². The fourth-order valence-electron chi connectivity index (χ4n) is 3.94. The molecule has 0 spiro atoms. The van der Waals surface area contributed by atoms with E-state index in [1.807, 2.05) is 61.5 Å². The van der Waals surface area contributed by atoms with Gasteiger partial charge in [0.25, 0.3) is 5.91 Å². The summed E-state index contributed by atoms with van der Waals surface area (Å²) in [6.07, 6.45) is 3.15. The lowest BCUT2D eigenvalue weighted by Gasteiger charge is -2.28. The van der Waals surface area contributed by atoms with Gasteiger partial charge < -0.3 is 14.9 Å². The van der Waals surface area contributed by atoms with Crippen LogP contribution in [0.3, 0.4) is 0 Å². The van der Waals surface area contributed by atoms with Crippen molar-refractivity contribution in [3.8, 4) is 0 Å². The van der Waals surface area contributed by atoms with Crippen LogP contribution in [0.25, 0.3) is 6.08 Å². The SMILES string of the molecule is CC[NH+](CC)CCN1C(=O)C(O)=C(C(=O)/C=C/c2ccccc2)[C@@H]1c1ccc(C)cc1. The molecule has 0 saturated heterocycles. The van der Waals surface area contributed by atoms with Gasteiger partial charge in [0, 0.05) is 0 Å². The molecule has 162 valence electrons. The van der Waals surface area contributed by atoms with Crippen molar-refractivity contribution in [1.82, 2.24) is 4.90 Å². The molecule has 2 aromatic carbocycles. The highest BCUT2D eigenvalue weighted by atomic mass is 16.3. The summed E-state index contributed by atoms with van der Waals surface area (Å²) < 4.78 is 0. The quantitative estimate of drug-likeness (QED) is 0.615. The molecule has 0 bridgehead atoms. The number of ketones is 1. The molecule has 1 heterocycles. The summed E-state index contributed by atoms with van der Waals surface area (Å²) in [5.41, 5.74) is 2.95. The van der Waals surface area contributed by atoms with Crippen molar-refractivity contribution in [3.63, 3.8) is 0 Å². The number of carbonyl (C=O) groups is 2. The average Bonchev–Trinajstić information content (AvgIpc) is 3.04. The molecule has 5 nitrogen and oxygen atoms in total. The van der Waals surface area contributed by atoms with Gasteiger partial charge in [-0.3, -0.25) is 9.59 Å². The minimum Gasteiger partial charge on any atom is -0.503 e.